The lowest BCUT2D eigenvalue weighted by molar-refractivity contribution is 1.31. The third kappa shape index (κ3) is 1.01. The van der Waals surface area contributed by atoms with E-state index >= 15 is 0 Å². The first-order valence-electron chi connectivity index (χ1n) is 3.08. The number of fused-ring (bicyclic) bond motifs is 1. The zero-order valence-electron chi connectivity index (χ0n) is 5.69. The van der Waals surface area contributed by atoms with Crippen LogP contribution in [0.15, 0.2) is 23.3 Å². The molecule has 0 saturated heterocycles. The van der Waals surface area contributed by atoms with Crippen molar-refractivity contribution in [1.29, 1.82) is 0 Å². The van der Waals surface area contributed by atoms with Crippen LogP contribution in [-0.2, 0) is 0 Å². The molecule has 0 atom stereocenters. The lowest BCUT2D eigenvalue weighted by Crippen LogP contribution is -1.70. The van der Waals surface area contributed by atoms with Gasteiger partial charge in [0, 0.05) is 6.20 Å². The van der Waals surface area contributed by atoms with Crippen LogP contribution in [0.4, 0.5) is 5.13 Å². The zero-order chi connectivity index (χ0) is 7.68. The number of aromatic nitrogens is 2. The quantitative estimate of drug-likeness (QED) is 0.603. The molecule has 0 aliphatic rings. The normalized spacial score (nSPS) is 10.2. The monoisotopic (exact) mass is 163 g/mol. The molecule has 0 spiro atoms. The van der Waals surface area contributed by atoms with Gasteiger partial charge in [0.15, 0.2) is 5.65 Å². The Kier molecular flexibility index (Phi) is 1.40. The second-order valence-corrected chi connectivity index (χ2v) is 2.99. The van der Waals surface area contributed by atoms with Crippen LogP contribution in [-0.4, -0.2) is 16.7 Å². The summed E-state index contributed by atoms with van der Waals surface area (Å²) in [6, 6.07) is 3.85. The van der Waals surface area contributed by atoms with Crippen molar-refractivity contribution in [1.82, 2.24) is 9.97 Å². The third-order valence-electron chi connectivity index (χ3n) is 1.29. The van der Waals surface area contributed by atoms with Crippen molar-refractivity contribution in [3.63, 3.8) is 0 Å². The fourth-order valence-electron chi connectivity index (χ4n) is 0.825. The summed E-state index contributed by atoms with van der Waals surface area (Å²) in [5.41, 5.74) is 0.750. The highest BCUT2D eigenvalue weighted by molar-refractivity contribution is 7.21. The maximum Gasteiger partial charge on any atom is 0.211 e. The fourth-order valence-corrected chi connectivity index (χ4v) is 1.55. The van der Waals surface area contributed by atoms with Crippen LogP contribution in [0, 0.1) is 0 Å². The van der Waals surface area contributed by atoms with Gasteiger partial charge in [-0.15, -0.1) is 0 Å². The zero-order valence-corrected chi connectivity index (χ0v) is 6.51. The molecule has 2 aromatic heterocycles. The van der Waals surface area contributed by atoms with Crippen LogP contribution in [0.3, 0.4) is 0 Å². The largest absolute Gasteiger partial charge is 0.236 e. The van der Waals surface area contributed by atoms with Gasteiger partial charge in [-0.2, -0.15) is 4.98 Å². The van der Waals surface area contributed by atoms with E-state index in [0.717, 1.165) is 10.3 Å². The van der Waals surface area contributed by atoms with Gasteiger partial charge in [0.25, 0.3) is 0 Å². The Hall–Kier alpha value is -1.29. The minimum absolute atomic E-state index is 0.679. The van der Waals surface area contributed by atoms with Gasteiger partial charge in [0.1, 0.15) is 0 Å². The predicted molar refractivity (Wildman–Crippen MR) is 46.6 cm³/mol. The van der Waals surface area contributed by atoms with E-state index in [1.165, 1.54) is 11.3 Å². The first-order valence-corrected chi connectivity index (χ1v) is 3.90. The van der Waals surface area contributed by atoms with E-state index in [4.69, 9.17) is 0 Å². The number of aliphatic imine (C=N–C) groups is 1. The van der Waals surface area contributed by atoms with E-state index < -0.39 is 0 Å². The molecule has 4 heteroatoms. The molecule has 0 radical (unpaired) electrons. The van der Waals surface area contributed by atoms with E-state index in [-0.39, 0.29) is 0 Å². The number of pyridine rings is 1. The number of rotatable bonds is 1. The average Bonchev–Trinajstić information content (AvgIpc) is 2.46. The SMILES string of the molecule is C=Nc1nc2ncccc2s1. The summed E-state index contributed by atoms with van der Waals surface area (Å²) in [7, 11) is 0. The molecule has 0 fully saturated rings. The van der Waals surface area contributed by atoms with Crippen molar-refractivity contribution >= 4 is 33.5 Å². The summed E-state index contributed by atoms with van der Waals surface area (Å²) in [4.78, 5) is 11.9. The van der Waals surface area contributed by atoms with Crippen molar-refractivity contribution in [2.45, 2.75) is 0 Å². The second-order valence-electron chi connectivity index (χ2n) is 1.98. The van der Waals surface area contributed by atoms with Crippen molar-refractivity contribution in [2.24, 2.45) is 4.99 Å². The van der Waals surface area contributed by atoms with E-state index in [1.807, 2.05) is 12.1 Å². The molecular formula is C7H5N3S. The van der Waals surface area contributed by atoms with Crippen LogP contribution >= 0.6 is 11.3 Å². The molecule has 0 amide bonds. The highest BCUT2D eigenvalue weighted by Gasteiger charge is 1.99. The average molecular weight is 163 g/mol. The lowest BCUT2D eigenvalue weighted by atomic mass is 10.5. The summed E-state index contributed by atoms with van der Waals surface area (Å²) in [6.07, 6.45) is 1.72. The van der Waals surface area contributed by atoms with Crippen LogP contribution in [0.25, 0.3) is 10.3 Å². The summed E-state index contributed by atoms with van der Waals surface area (Å²) in [5.74, 6) is 0. The van der Waals surface area contributed by atoms with E-state index in [2.05, 4.69) is 21.7 Å². The maximum atomic E-state index is 4.11. The standard InChI is InChI=1S/C7H5N3S/c1-8-7-10-6-5(11-7)3-2-4-9-6/h2-4H,1H2. The van der Waals surface area contributed by atoms with E-state index in [9.17, 15) is 0 Å². The minimum Gasteiger partial charge on any atom is -0.236 e. The molecule has 0 N–H and O–H groups in total. The highest BCUT2D eigenvalue weighted by Crippen LogP contribution is 2.25. The van der Waals surface area contributed by atoms with Gasteiger partial charge in [-0.25, -0.2) is 9.98 Å². The van der Waals surface area contributed by atoms with Crippen molar-refractivity contribution < 1.29 is 0 Å². The van der Waals surface area contributed by atoms with Crippen molar-refractivity contribution in [2.75, 3.05) is 0 Å². The van der Waals surface area contributed by atoms with E-state index in [0.29, 0.717) is 5.13 Å². The molecular weight excluding hydrogens is 158 g/mol. The maximum absolute atomic E-state index is 4.11. The third-order valence-corrected chi connectivity index (χ3v) is 2.23. The molecule has 0 aliphatic heterocycles. The minimum atomic E-state index is 0.679. The fraction of sp³-hybridized carbons (Fsp3) is 0. The number of hydrogen-bond donors (Lipinski definition) is 0. The molecule has 2 rings (SSSR count). The molecule has 0 aromatic carbocycles. The molecule has 0 aliphatic carbocycles. The molecule has 2 heterocycles. The van der Waals surface area contributed by atoms with Gasteiger partial charge >= 0.3 is 0 Å². The van der Waals surface area contributed by atoms with Gasteiger partial charge in [-0.3, -0.25) is 0 Å². The summed E-state index contributed by atoms with van der Waals surface area (Å²) in [6.45, 7) is 3.40. The van der Waals surface area contributed by atoms with Crippen molar-refractivity contribution in [3.05, 3.63) is 18.3 Å². The first kappa shape index (κ1) is 6.42. The lowest BCUT2D eigenvalue weighted by Gasteiger charge is -1.79. The Balaban J connectivity index is 2.78. The number of thiazole rings is 1. The Morgan fingerprint density at radius 1 is 1.55 bits per heavy atom. The van der Waals surface area contributed by atoms with Crippen LogP contribution < -0.4 is 0 Å². The topological polar surface area (TPSA) is 38.1 Å². The van der Waals surface area contributed by atoms with Gasteiger partial charge in [-0.1, -0.05) is 11.3 Å². The van der Waals surface area contributed by atoms with Gasteiger partial charge < -0.3 is 0 Å². The van der Waals surface area contributed by atoms with Crippen LogP contribution in [0.1, 0.15) is 0 Å². The van der Waals surface area contributed by atoms with Gasteiger partial charge in [0.2, 0.25) is 5.13 Å². The summed E-state index contributed by atoms with van der Waals surface area (Å²) < 4.78 is 1.05. The predicted octanol–water partition coefficient (Wildman–Crippen LogP) is 2.02. The molecule has 0 saturated carbocycles. The Morgan fingerprint density at radius 2 is 2.45 bits per heavy atom. The first-order chi connectivity index (χ1) is 5.40. The summed E-state index contributed by atoms with van der Waals surface area (Å²) >= 11 is 1.49. The second kappa shape index (κ2) is 2.39. The molecule has 0 bridgehead atoms. The molecule has 3 nitrogen and oxygen atoms in total. The van der Waals surface area contributed by atoms with Gasteiger partial charge in [0.05, 0.1) is 4.70 Å². The Morgan fingerprint density at radius 3 is 3.18 bits per heavy atom. The molecule has 54 valence electrons. The smallest absolute Gasteiger partial charge is 0.211 e. The van der Waals surface area contributed by atoms with Crippen LogP contribution in [0.2, 0.25) is 0 Å². The molecule has 11 heavy (non-hydrogen) atoms. The number of hydrogen-bond acceptors (Lipinski definition) is 4. The van der Waals surface area contributed by atoms with E-state index in [1.54, 1.807) is 6.20 Å². The van der Waals surface area contributed by atoms with Crippen molar-refractivity contribution in [3.8, 4) is 0 Å². The molecule has 0 unspecified atom stereocenters. The molecule has 2 aromatic rings. The summed E-state index contributed by atoms with van der Waals surface area (Å²) in [5, 5.41) is 0.679. The highest BCUT2D eigenvalue weighted by atomic mass is 32.1. The van der Waals surface area contributed by atoms with Gasteiger partial charge in [-0.05, 0) is 18.9 Å². The Bertz CT molecular complexity index is 360. The van der Waals surface area contributed by atoms with Crippen LogP contribution in [0.5, 0.6) is 0 Å². The number of nitrogens with zero attached hydrogens (tertiary/aromatic N) is 3. The Labute approximate surface area is 67.5 Å².